The van der Waals surface area contributed by atoms with E-state index in [0.717, 1.165) is 0 Å². The van der Waals surface area contributed by atoms with Crippen LogP contribution in [0, 0.1) is 6.92 Å². The topological polar surface area (TPSA) is 89.7 Å². The quantitative estimate of drug-likeness (QED) is 0.393. The summed E-state index contributed by atoms with van der Waals surface area (Å²) < 4.78 is 10.7. The minimum Gasteiger partial charge on any atom is -0.441 e. The number of oxazole rings is 1. The predicted octanol–water partition coefficient (Wildman–Crippen LogP) is 3.12. The van der Waals surface area contributed by atoms with Gasteiger partial charge >= 0.3 is 5.97 Å². The Morgan fingerprint density at radius 1 is 1.11 bits per heavy atom. The molecule has 3 aromatic rings. The summed E-state index contributed by atoms with van der Waals surface area (Å²) in [5, 5.41) is 0. The molecule has 136 valence electrons. The second kappa shape index (κ2) is 6.68. The van der Waals surface area contributed by atoms with Crippen LogP contribution in [0.3, 0.4) is 0 Å². The molecule has 7 heteroatoms. The number of carbonyl (C=O) groups is 3. The summed E-state index contributed by atoms with van der Waals surface area (Å²) in [6.45, 7) is 1.91. The lowest BCUT2D eigenvalue weighted by Crippen LogP contribution is -2.31. The fourth-order valence-electron chi connectivity index (χ4n) is 3.09. The van der Waals surface area contributed by atoms with E-state index in [4.69, 9.17) is 9.15 Å². The minimum atomic E-state index is -0.439. The number of carbonyl (C=O) groups excluding carboxylic acids is 3. The highest BCUT2D eigenvalue weighted by atomic mass is 16.5. The largest absolute Gasteiger partial charge is 0.441 e. The maximum absolute atomic E-state index is 12.3. The number of ether oxygens (including phenoxy) is 1. The van der Waals surface area contributed by atoms with Crippen molar-refractivity contribution in [1.82, 2.24) is 9.88 Å². The summed E-state index contributed by atoms with van der Waals surface area (Å²) >= 11 is 0. The van der Waals surface area contributed by atoms with Gasteiger partial charge in [0.2, 0.25) is 0 Å². The molecule has 4 rings (SSSR count). The van der Waals surface area contributed by atoms with Crippen LogP contribution in [-0.2, 0) is 4.79 Å². The lowest BCUT2D eigenvalue weighted by atomic mass is 10.1. The minimum absolute atomic E-state index is 0.0866. The van der Waals surface area contributed by atoms with E-state index < -0.39 is 5.97 Å². The number of aryl methyl sites for hydroxylation is 1. The van der Waals surface area contributed by atoms with E-state index in [2.05, 4.69) is 4.98 Å². The fraction of sp³-hybridized carbons (Fsp3) is 0.200. The van der Waals surface area contributed by atoms with Crippen LogP contribution < -0.4 is 4.74 Å². The van der Waals surface area contributed by atoms with Crippen molar-refractivity contribution in [2.45, 2.75) is 19.8 Å². The van der Waals surface area contributed by atoms with Crippen LogP contribution in [0.4, 0.5) is 0 Å². The molecule has 1 aromatic heterocycles. The molecule has 2 heterocycles. The lowest BCUT2D eigenvalue weighted by molar-refractivity contribution is -0.134. The molecule has 0 unspecified atom stereocenters. The zero-order valence-electron chi connectivity index (χ0n) is 14.6. The molecule has 27 heavy (non-hydrogen) atoms. The summed E-state index contributed by atoms with van der Waals surface area (Å²) in [6, 6.07) is 11.7. The number of amides is 2. The lowest BCUT2D eigenvalue weighted by Gasteiger charge is -2.13. The van der Waals surface area contributed by atoms with Crippen LogP contribution in [0.2, 0.25) is 0 Å². The molecule has 0 bridgehead atoms. The normalized spacial score (nSPS) is 13.3. The smallest absolute Gasteiger partial charge is 0.311 e. The van der Waals surface area contributed by atoms with Gasteiger partial charge in [0.15, 0.2) is 11.5 Å². The van der Waals surface area contributed by atoms with E-state index in [1.165, 1.54) is 4.90 Å². The zero-order valence-corrected chi connectivity index (χ0v) is 14.6. The maximum atomic E-state index is 12.3. The van der Waals surface area contributed by atoms with Gasteiger partial charge in [-0.15, -0.1) is 0 Å². The average molecular weight is 364 g/mol. The Labute approximate surface area is 154 Å². The van der Waals surface area contributed by atoms with Gasteiger partial charge in [-0.1, -0.05) is 12.1 Å². The van der Waals surface area contributed by atoms with Gasteiger partial charge in [0.05, 0.1) is 11.1 Å². The van der Waals surface area contributed by atoms with Crippen molar-refractivity contribution in [3.8, 4) is 5.75 Å². The number of aromatic nitrogens is 1. The summed E-state index contributed by atoms with van der Waals surface area (Å²) in [6.07, 6.45) is 0.416. The second-order valence-corrected chi connectivity index (χ2v) is 6.25. The highest BCUT2D eigenvalue weighted by Gasteiger charge is 2.34. The number of rotatable bonds is 5. The number of benzene rings is 2. The van der Waals surface area contributed by atoms with Gasteiger partial charge in [-0.05, 0) is 30.7 Å². The van der Waals surface area contributed by atoms with E-state index in [1.54, 1.807) is 49.4 Å². The van der Waals surface area contributed by atoms with Crippen LogP contribution in [0.25, 0.3) is 11.1 Å². The summed E-state index contributed by atoms with van der Waals surface area (Å²) in [4.78, 5) is 42.0. The molecular weight excluding hydrogens is 348 g/mol. The third kappa shape index (κ3) is 3.19. The van der Waals surface area contributed by atoms with Gasteiger partial charge in [-0.2, -0.15) is 0 Å². The van der Waals surface area contributed by atoms with Crippen LogP contribution >= 0.6 is 0 Å². The van der Waals surface area contributed by atoms with E-state index >= 15 is 0 Å². The standard InChI is InChI=1S/C20H16N2O5/c1-12-21-16-11-13(8-9-17(16)26-12)27-18(23)7-4-10-22-19(24)14-5-2-3-6-15(14)20(22)25/h2-3,5-6,8-9,11H,4,7,10H2,1H3. The van der Waals surface area contributed by atoms with E-state index in [-0.39, 0.29) is 24.8 Å². The first-order valence-corrected chi connectivity index (χ1v) is 8.56. The Kier molecular flexibility index (Phi) is 4.19. The van der Waals surface area contributed by atoms with Crippen molar-refractivity contribution < 1.29 is 23.5 Å². The van der Waals surface area contributed by atoms with Gasteiger partial charge in [0.25, 0.3) is 11.8 Å². The van der Waals surface area contributed by atoms with Gasteiger partial charge in [-0.3, -0.25) is 19.3 Å². The van der Waals surface area contributed by atoms with Crippen LogP contribution in [0.15, 0.2) is 46.9 Å². The summed E-state index contributed by atoms with van der Waals surface area (Å²) in [5.74, 6) is -0.172. The third-order valence-corrected chi connectivity index (χ3v) is 4.34. The second-order valence-electron chi connectivity index (χ2n) is 6.25. The molecule has 1 aliphatic heterocycles. The Balaban J connectivity index is 1.33. The fourth-order valence-corrected chi connectivity index (χ4v) is 3.09. The van der Waals surface area contributed by atoms with Gasteiger partial charge in [0, 0.05) is 26.0 Å². The molecule has 0 saturated carbocycles. The van der Waals surface area contributed by atoms with Crippen molar-refractivity contribution in [3.05, 3.63) is 59.5 Å². The van der Waals surface area contributed by atoms with Crippen molar-refractivity contribution >= 4 is 28.9 Å². The predicted molar refractivity (Wildman–Crippen MR) is 95.4 cm³/mol. The van der Waals surface area contributed by atoms with E-state index in [9.17, 15) is 14.4 Å². The highest BCUT2D eigenvalue weighted by molar-refractivity contribution is 6.21. The van der Waals surface area contributed by atoms with Crippen molar-refractivity contribution in [2.24, 2.45) is 0 Å². The molecule has 0 N–H and O–H groups in total. The Morgan fingerprint density at radius 3 is 2.52 bits per heavy atom. The number of hydrogen-bond donors (Lipinski definition) is 0. The molecule has 7 nitrogen and oxygen atoms in total. The first kappa shape index (κ1) is 17.0. The average Bonchev–Trinajstić information content (AvgIpc) is 3.13. The first-order chi connectivity index (χ1) is 13.0. The molecule has 0 aliphatic carbocycles. The molecule has 0 spiro atoms. The SMILES string of the molecule is Cc1nc2cc(OC(=O)CCCN3C(=O)c4ccccc4C3=O)ccc2o1. The molecule has 2 amide bonds. The van der Waals surface area contributed by atoms with Crippen LogP contribution in [-0.4, -0.2) is 34.2 Å². The number of esters is 1. The first-order valence-electron chi connectivity index (χ1n) is 8.56. The van der Waals surface area contributed by atoms with Crippen LogP contribution in [0.5, 0.6) is 5.75 Å². The molecule has 1 aliphatic rings. The molecule has 0 saturated heterocycles. The maximum Gasteiger partial charge on any atom is 0.311 e. The Bertz CT molecular complexity index is 1030. The van der Waals surface area contributed by atoms with Crippen molar-refractivity contribution in [1.29, 1.82) is 0 Å². The van der Waals surface area contributed by atoms with Crippen LogP contribution in [0.1, 0.15) is 39.4 Å². The molecule has 2 aromatic carbocycles. The molecule has 0 fully saturated rings. The van der Waals surface area contributed by atoms with Crippen molar-refractivity contribution in [2.75, 3.05) is 6.54 Å². The Hall–Kier alpha value is -3.48. The van der Waals surface area contributed by atoms with Gasteiger partial charge < -0.3 is 9.15 Å². The number of nitrogens with zero attached hydrogens (tertiary/aromatic N) is 2. The van der Waals surface area contributed by atoms with Gasteiger partial charge in [-0.25, -0.2) is 4.98 Å². The molecule has 0 atom stereocenters. The summed E-state index contributed by atoms with van der Waals surface area (Å²) in [7, 11) is 0. The highest BCUT2D eigenvalue weighted by Crippen LogP contribution is 2.23. The number of hydrogen-bond acceptors (Lipinski definition) is 6. The van der Waals surface area contributed by atoms with Gasteiger partial charge in [0.1, 0.15) is 11.3 Å². The van der Waals surface area contributed by atoms with Crippen molar-refractivity contribution in [3.63, 3.8) is 0 Å². The Morgan fingerprint density at radius 2 is 1.81 bits per heavy atom. The molecular formula is C20H16N2O5. The number of fused-ring (bicyclic) bond motifs is 2. The molecule has 0 radical (unpaired) electrons. The summed E-state index contributed by atoms with van der Waals surface area (Å²) in [5.41, 5.74) is 2.05. The van der Waals surface area contributed by atoms with E-state index in [1.807, 2.05) is 0 Å². The monoisotopic (exact) mass is 364 g/mol. The van der Waals surface area contributed by atoms with E-state index in [0.29, 0.717) is 40.3 Å². The number of imide groups is 1. The zero-order chi connectivity index (χ0) is 19.0. The third-order valence-electron chi connectivity index (χ3n) is 4.34.